The van der Waals surface area contributed by atoms with Crippen LogP contribution in [0.5, 0.6) is 0 Å². The molecule has 0 spiro atoms. The van der Waals surface area contributed by atoms with Gasteiger partial charge in [0.2, 0.25) is 11.6 Å². The number of aromatic nitrogens is 2. The summed E-state index contributed by atoms with van der Waals surface area (Å²) < 4.78 is 0. The van der Waals surface area contributed by atoms with Gasteiger partial charge in [-0.3, -0.25) is 10.1 Å². The highest BCUT2D eigenvalue weighted by Crippen LogP contribution is 2.36. The summed E-state index contributed by atoms with van der Waals surface area (Å²) in [5.41, 5.74) is 3.99. The lowest BCUT2D eigenvalue weighted by Gasteiger charge is -2.22. The van der Waals surface area contributed by atoms with Crippen molar-refractivity contribution in [2.24, 2.45) is 0 Å². The Bertz CT molecular complexity index is 973. The summed E-state index contributed by atoms with van der Waals surface area (Å²) in [7, 11) is 0. The summed E-state index contributed by atoms with van der Waals surface area (Å²) in [6, 6.07) is 15.8. The first-order chi connectivity index (χ1) is 13.5. The Balaban J connectivity index is 1.96. The summed E-state index contributed by atoms with van der Waals surface area (Å²) in [6.07, 6.45) is 1.36. The summed E-state index contributed by atoms with van der Waals surface area (Å²) in [5.74, 6) is 0.487. The fraction of sp³-hybridized carbons (Fsp3) is 0.238. The first-order valence-corrected chi connectivity index (χ1v) is 9.12. The molecule has 7 nitrogen and oxygen atoms in total. The second-order valence-electron chi connectivity index (χ2n) is 6.57. The number of rotatable bonds is 7. The molecule has 0 amide bonds. The van der Waals surface area contributed by atoms with Crippen molar-refractivity contribution >= 4 is 23.0 Å². The Morgan fingerprint density at radius 2 is 1.82 bits per heavy atom. The third-order valence-corrected chi connectivity index (χ3v) is 4.45. The van der Waals surface area contributed by atoms with E-state index in [2.05, 4.69) is 15.3 Å². The first kappa shape index (κ1) is 19.3. The Hall–Kier alpha value is -3.48. The van der Waals surface area contributed by atoms with Crippen molar-refractivity contribution in [2.75, 3.05) is 16.8 Å². The van der Waals surface area contributed by atoms with Crippen molar-refractivity contribution in [3.63, 3.8) is 0 Å². The number of benzene rings is 2. The largest absolute Gasteiger partial charge is 0.360 e. The second kappa shape index (κ2) is 8.47. The maximum Gasteiger partial charge on any atom is 0.353 e. The minimum atomic E-state index is -0.425. The highest BCUT2D eigenvalue weighted by Gasteiger charge is 2.27. The van der Waals surface area contributed by atoms with Gasteiger partial charge in [-0.15, -0.1) is 0 Å². The van der Waals surface area contributed by atoms with Gasteiger partial charge < -0.3 is 10.2 Å². The van der Waals surface area contributed by atoms with Crippen molar-refractivity contribution in [1.82, 2.24) is 9.97 Å². The van der Waals surface area contributed by atoms with E-state index in [1.54, 1.807) is 0 Å². The van der Waals surface area contributed by atoms with Gasteiger partial charge in [0, 0.05) is 18.8 Å². The van der Waals surface area contributed by atoms with E-state index in [9.17, 15) is 10.1 Å². The Morgan fingerprint density at radius 1 is 1.07 bits per heavy atom. The number of nitro groups is 1. The highest BCUT2D eigenvalue weighted by atomic mass is 16.6. The molecule has 3 rings (SSSR count). The summed E-state index contributed by atoms with van der Waals surface area (Å²) in [6.45, 7) is 6.92. The molecular formula is C21H23N5O2. The van der Waals surface area contributed by atoms with Crippen molar-refractivity contribution < 1.29 is 4.92 Å². The summed E-state index contributed by atoms with van der Waals surface area (Å²) >= 11 is 0. The predicted molar refractivity (Wildman–Crippen MR) is 111 cm³/mol. The number of hydrogen-bond donors (Lipinski definition) is 1. The van der Waals surface area contributed by atoms with Crippen LogP contribution in [0, 0.1) is 24.0 Å². The van der Waals surface area contributed by atoms with E-state index in [-0.39, 0.29) is 17.3 Å². The molecule has 1 N–H and O–H groups in total. The number of nitrogens with zero attached hydrogens (tertiary/aromatic N) is 4. The van der Waals surface area contributed by atoms with E-state index in [1.165, 1.54) is 6.33 Å². The van der Waals surface area contributed by atoms with Crippen LogP contribution in [0.2, 0.25) is 0 Å². The highest BCUT2D eigenvalue weighted by molar-refractivity contribution is 5.75. The third-order valence-electron chi connectivity index (χ3n) is 4.45. The van der Waals surface area contributed by atoms with E-state index in [0.29, 0.717) is 13.1 Å². The molecule has 0 aliphatic heterocycles. The van der Waals surface area contributed by atoms with Gasteiger partial charge in [-0.1, -0.05) is 42.0 Å². The van der Waals surface area contributed by atoms with E-state index in [0.717, 1.165) is 22.4 Å². The average molecular weight is 377 g/mol. The van der Waals surface area contributed by atoms with Crippen LogP contribution in [0.15, 0.2) is 54.9 Å². The molecule has 0 atom stereocenters. The quantitative estimate of drug-likeness (QED) is 0.471. The van der Waals surface area contributed by atoms with Crippen LogP contribution in [0.4, 0.5) is 23.0 Å². The summed E-state index contributed by atoms with van der Waals surface area (Å²) in [4.78, 5) is 21.6. The molecule has 0 unspecified atom stereocenters. The molecule has 3 aromatic rings. The zero-order chi connectivity index (χ0) is 20.1. The monoisotopic (exact) mass is 377 g/mol. The van der Waals surface area contributed by atoms with Gasteiger partial charge in [0.25, 0.3) is 0 Å². The van der Waals surface area contributed by atoms with Gasteiger partial charge in [0.15, 0.2) is 0 Å². The lowest BCUT2D eigenvalue weighted by Crippen LogP contribution is -2.20. The normalized spacial score (nSPS) is 10.5. The van der Waals surface area contributed by atoms with E-state index >= 15 is 0 Å². The van der Waals surface area contributed by atoms with Crippen LogP contribution >= 0.6 is 0 Å². The van der Waals surface area contributed by atoms with Gasteiger partial charge in [-0.2, -0.15) is 0 Å². The molecule has 0 aliphatic rings. The van der Waals surface area contributed by atoms with Crippen LogP contribution in [-0.4, -0.2) is 21.4 Å². The minimum absolute atomic E-state index is 0.127. The molecule has 0 radical (unpaired) electrons. The molecule has 0 aliphatic carbocycles. The second-order valence-corrected chi connectivity index (χ2v) is 6.57. The zero-order valence-electron chi connectivity index (χ0n) is 16.2. The van der Waals surface area contributed by atoms with Crippen LogP contribution in [0.3, 0.4) is 0 Å². The molecule has 0 bridgehead atoms. The van der Waals surface area contributed by atoms with Crippen LogP contribution < -0.4 is 10.2 Å². The fourth-order valence-electron chi connectivity index (χ4n) is 3.01. The van der Waals surface area contributed by atoms with Crippen LogP contribution in [-0.2, 0) is 6.54 Å². The van der Waals surface area contributed by atoms with E-state index in [4.69, 9.17) is 0 Å². The molecule has 28 heavy (non-hydrogen) atoms. The Kier molecular flexibility index (Phi) is 5.84. The molecule has 1 heterocycles. The lowest BCUT2D eigenvalue weighted by molar-refractivity contribution is -0.383. The van der Waals surface area contributed by atoms with Gasteiger partial charge >= 0.3 is 5.69 Å². The maximum atomic E-state index is 11.9. The Labute approximate surface area is 164 Å². The Morgan fingerprint density at radius 3 is 2.46 bits per heavy atom. The molecule has 7 heteroatoms. The zero-order valence-corrected chi connectivity index (χ0v) is 16.2. The molecular weight excluding hydrogens is 354 g/mol. The topological polar surface area (TPSA) is 84.2 Å². The van der Waals surface area contributed by atoms with Crippen molar-refractivity contribution in [3.05, 3.63) is 81.7 Å². The molecule has 0 saturated carbocycles. The van der Waals surface area contributed by atoms with Crippen LogP contribution in [0.25, 0.3) is 0 Å². The number of nitrogens with one attached hydrogen (secondary N) is 1. The van der Waals surface area contributed by atoms with Gasteiger partial charge in [-0.25, -0.2) is 9.97 Å². The third kappa shape index (κ3) is 4.25. The first-order valence-electron chi connectivity index (χ1n) is 9.12. The molecule has 0 fully saturated rings. The summed E-state index contributed by atoms with van der Waals surface area (Å²) in [5, 5.41) is 15.0. The fourth-order valence-corrected chi connectivity index (χ4v) is 3.01. The van der Waals surface area contributed by atoms with Crippen LogP contribution in [0.1, 0.15) is 23.6 Å². The SMILES string of the molecule is CCN(c1cccc(C)c1)c1ncnc(NCc2ccc(C)cc2)c1[N+](=O)[O-]. The van der Waals surface area contributed by atoms with Crippen molar-refractivity contribution in [1.29, 1.82) is 0 Å². The van der Waals surface area contributed by atoms with Gasteiger partial charge in [0.1, 0.15) is 6.33 Å². The molecule has 1 aromatic heterocycles. The number of anilines is 3. The maximum absolute atomic E-state index is 11.9. The molecule has 144 valence electrons. The van der Waals surface area contributed by atoms with E-state index in [1.807, 2.05) is 74.2 Å². The van der Waals surface area contributed by atoms with Gasteiger partial charge in [0.05, 0.1) is 4.92 Å². The van der Waals surface area contributed by atoms with Crippen molar-refractivity contribution in [3.8, 4) is 0 Å². The standard InChI is InChI=1S/C21H23N5O2/c1-4-25(18-7-5-6-16(3)12-18)21-19(26(27)28)20(23-14-24-21)22-13-17-10-8-15(2)9-11-17/h5-12,14H,4,13H2,1-3H3,(H,22,23,24). The predicted octanol–water partition coefficient (Wildman–Crippen LogP) is 4.77. The average Bonchev–Trinajstić information content (AvgIpc) is 2.68. The van der Waals surface area contributed by atoms with Gasteiger partial charge in [-0.05, 0) is 44.0 Å². The minimum Gasteiger partial charge on any atom is -0.360 e. The van der Waals surface area contributed by atoms with Crippen molar-refractivity contribution in [2.45, 2.75) is 27.3 Å². The molecule has 0 saturated heterocycles. The van der Waals surface area contributed by atoms with E-state index < -0.39 is 4.92 Å². The smallest absolute Gasteiger partial charge is 0.353 e. The molecule has 2 aromatic carbocycles. The number of hydrogen-bond acceptors (Lipinski definition) is 6. The number of aryl methyl sites for hydroxylation is 2. The lowest BCUT2D eigenvalue weighted by atomic mass is 10.1.